The molecule has 2 unspecified atom stereocenters. The van der Waals surface area contributed by atoms with Crippen molar-refractivity contribution in [2.45, 2.75) is 19.9 Å². The molecule has 0 aliphatic rings. The highest BCUT2D eigenvalue weighted by Gasteiger charge is 2.14. The van der Waals surface area contributed by atoms with Gasteiger partial charge in [-0.2, -0.15) is 0 Å². The van der Waals surface area contributed by atoms with Gasteiger partial charge in [0.05, 0.1) is 5.69 Å². The van der Waals surface area contributed by atoms with Gasteiger partial charge in [0.25, 0.3) is 0 Å². The zero-order valence-corrected chi connectivity index (χ0v) is 7.81. The first-order valence-corrected chi connectivity index (χ1v) is 4.28. The maximum Gasteiger partial charge on any atom is 0.166 e. The zero-order chi connectivity index (χ0) is 9.84. The summed E-state index contributed by atoms with van der Waals surface area (Å²) in [7, 11) is 0. The first kappa shape index (κ1) is 9.71. The van der Waals surface area contributed by atoms with Crippen molar-refractivity contribution in [3.8, 4) is 0 Å². The van der Waals surface area contributed by atoms with E-state index in [1.807, 2.05) is 24.6 Å². The van der Waals surface area contributed by atoms with Crippen molar-refractivity contribution >= 4 is 12.6 Å². The highest BCUT2D eigenvalue weighted by molar-refractivity contribution is 5.72. The molecule has 2 atom stereocenters. The van der Waals surface area contributed by atoms with Gasteiger partial charge in [-0.05, 0) is 19.1 Å². The summed E-state index contributed by atoms with van der Waals surface area (Å²) >= 11 is 0. The molecule has 0 N–H and O–H groups in total. The highest BCUT2D eigenvalue weighted by Crippen LogP contribution is 2.17. The van der Waals surface area contributed by atoms with Crippen LogP contribution in [0.3, 0.4) is 0 Å². The molecule has 3 nitrogen and oxygen atoms in total. The predicted octanol–water partition coefficient (Wildman–Crippen LogP) is 1.70. The van der Waals surface area contributed by atoms with Crippen LogP contribution in [0.4, 0.5) is 0 Å². The number of carbonyl (C=O) groups excluding carboxylic acids is 2. The summed E-state index contributed by atoms with van der Waals surface area (Å²) < 4.78 is 1.81. The molecule has 0 aromatic carbocycles. The lowest BCUT2D eigenvalue weighted by Crippen LogP contribution is -2.16. The minimum Gasteiger partial charge on any atom is -0.342 e. The van der Waals surface area contributed by atoms with E-state index in [9.17, 15) is 9.59 Å². The quantitative estimate of drug-likeness (QED) is 0.660. The Kier molecular flexibility index (Phi) is 3.01. The van der Waals surface area contributed by atoms with E-state index in [0.29, 0.717) is 5.69 Å². The Bertz CT molecular complexity index is 304. The van der Waals surface area contributed by atoms with Crippen molar-refractivity contribution in [2.75, 3.05) is 0 Å². The van der Waals surface area contributed by atoms with Crippen LogP contribution in [0.25, 0.3) is 0 Å². The normalized spacial score (nSPS) is 14.9. The topological polar surface area (TPSA) is 39.1 Å². The van der Waals surface area contributed by atoms with E-state index in [0.717, 1.165) is 12.6 Å². The van der Waals surface area contributed by atoms with Crippen LogP contribution in [0.15, 0.2) is 18.3 Å². The second-order valence-corrected chi connectivity index (χ2v) is 3.19. The molecule has 0 bridgehead atoms. The maximum absolute atomic E-state index is 10.6. The largest absolute Gasteiger partial charge is 0.342 e. The molecule has 0 aliphatic carbocycles. The van der Waals surface area contributed by atoms with Gasteiger partial charge in [0.1, 0.15) is 6.29 Å². The summed E-state index contributed by atoms with van der Waals surface area (Å²) in [6.07, 6.45) is 3.52. The van der Waals surface area contributed by atoms with Crippen LogP contribution < -0.4 is 0 Å². The Morgan fingerprint density at radius 2 is 2.08 bits per heavy atom. The molecule has 13 heavy (non-hydrogen) atoms. The third-order valence-corrected chi connectivity index (χ3v) is 2.35. The highest BCUT2D eigenvalue weighted by atomic mass is 16.1. The van der Waals surface area contributed by atoms with Gasteiger partial charge in [-0.1, -0.05) is 6.92 Å². The van der Waals surface area contributed by atoms with Crippen LogP contribution in [0.1, 0.15) is 30.4 Å². The number of hydrogen-bond acceptors (Lipinski definition) is 2. The van der Waals surface area contributed by atoms with Gasteiger partial charge >= 0.3 is 0 Å². The van der Waals surface area contributed by atoms with Crippen molar-refractivity contribution in [1.29, 1.82) is 0 Å². The fraction of sp³-hybridized carbons (Fsp3) is 0.400. The molecular formula is C10H13NO2. The van der Waals surface area contributed by atoms with Crippen molar-refractivity contribution in [2.24, 2.45) is 5.92 Å². The molecule has 0 saturated carbocycles. The van der Waals surface area contributed by atoms with Crippen molar-refractivity contribution < 1.29 is 9.59 Å². The van der Waals surface area contributed by atoms with E-state index in [1.54, 1.807) is 12.1 Å². The monoisotopic (exact) mass is 179 g/mol. The summed E-state index contributed by atoms with van der Waals surface area (Å²) in [4.78, 5) is 21.1. The lowest BCUT2D eigenvalue weighted by molar-refractivity contribution is -0.111. The predicted molar refractivity (Wildman–Crippen MR) is 49.8 cm³/mol. The van der Waals surface area contributed by atoms with E-state index in [4.69, 9.17) is 0 Å². The number of hydrogen-bond donors (Lipinski definition) is 0. The number of aromatic nitrogens is 1. The Morgan fingerprint density at radius 1 is 1.38 bits per heavy atom. The van der Waals surface area contributed by atoms with Crippen LogP contribution in [0.5, 0.6) is 0 Å². The van der Waals surface area contributed by atoms with Gasteiger partial charge in [-0.15, -0.1) is 0 Å². The van der Waals surface area contributed by atoms with Gasteiger partial charge in [0.2, 0.25) is 0 Å². The molecule has 0 saturated heterocycles. The maximum atomic E-state index is 10.6. The molecule has 0 aliphatic heterocycles. The van der Waals surface area contributed by atoms with Crippen molar-refractivity contribution in [1.82, 2.24) is 4.57 Å². The van der Waals surface area contributed by atoms with E-state index < -0.39 is 0 Å². The average molecular weight is 179 g/mol. The second-order valence-electron chi connectivity index (χ2n) is 3.19. The lowest BCUT2D eigenvalue weighted by atomic mass is 10.1. The average Bonchev–Trinajstić information content (AvgIpc) is 2.62. The minimum absolute atomic E-state index is 0.0349. The van der Waals surface area contributed by atoms with Crippen molar-refractivity contribution in [3.05, 3.63) is 24.0 Å². The Labute approximate surface area is 77.4 Å². The van der Waals surface area contributed by atoms with Crippen LogP contribution in [0.2, 0.25) is 0 Å². The van der Waals surface area contributed by atoms with Gasteiger partial charge < -0.3 is 9.36 Å². The van der Waals surface area contributed by atoms with Gasteiger partial charge in [0.15, 0.2) is 6.29 Å². The molecule has 1 heterocycles. The van der Waals surface area contributed by atoms with E-state index in [1.165, 1.54) is 0 Å². The third-order valence-electron chi connectivity index (χ3n) is 2.35. The molecule has 0 amide bonds. The first-order chi connectivity index (χ1) is 6.20. The van der Waals surface area contributed by atoms with Crippen molar-refractivity contribution in [3.63, 3.8) is 0 Å². The zero-order valence-electron chi connectivity index (χ0n) is 7.81. The number of carbonyl (C=O) groups is 2. The fourth-order valence-corrected chi connectivity index (χ4v) is 1.24. The van der Waals surface area contributed by atoms with E-state index in [-0.39, 0.29) is 12.0 Å². The number of rotatable bonds is 4. The molecular weight excluding hydrogens is 166 g/mol. The van der Waals surface area contributed by atoms with E-state index >= 15 is 0 Å². The lowest BCUT2D eigenvalue weighted by Gasteiger charge is -2.17. The van der Waals surface area contributed by atoms with Crippen LogP contribution in [-0.4, -0.2) is 17.1 Å². The summed E-state index contributed by atoms with van der Waals surface area (Å²) in [5.41, 5.74) is 0.612. The molecule has 1 rings (SSSR count). The summed E-state index contributed by atoms with van der Waals surface area (Å²) in [5, 5.41) is 0. The summed E-state index contributed by atoms with van der Waals surface area (Å²) in [6, 6.07) is 3.58. The Morgan fingerprint density at radius 3 is 2.62 bits per heavy atom. The fourth-order valence-electron chi connectivity index (χ4n) is 1.24. The van der Waals surface area contributed by atoms with Gasteiger partial charge in [-0.3, -0.25) is 4.79 Å². The molecule has 3 heteroatoms. The standard InChI is InChI=1S/C10H13NO2/c1-8(6-12)9(2)11-5-3-4-10(11)7-13/h3-9H,1-2H3. The molecule has 0 spiro atoms. The second kappa shape index (κ2) is 4.03. The Balaban J connectivity index is 2.93. The van der Waals surface area contributed by atoms with Crippen LogP contribution >= 0.6 is 0 Å². The SMILES string of the molecule is CC(C=O)C(C)n1cccc1C=O. The first-order valence-electron chi connectivity index (χ1n) is 4.28. The number of aldehydes is 2. The van der Waals surface area contributed by atoms with Crippen LogP contribution in [0, 0.1) is 5.92 Å². The minimum atomic E-state index is -0.0777. The van der Waals surface area contributed by atoms with E-state index in [2.05, 4.69) is 0 Å². The van der Waals surface area contributed by atoms with Gasteiger partial charge in [0, 0.05) is 18.2 Å². The molecule has 0 radical (unpaired) electrons. The summed E-state index contributed by atoms with van der Waals surface area (Å²) in [6.45, 7) is 3.76. The van der Waals surface area contributed by atoms with Gasteiger partial charge in [-0.25, -0.2) is 0 Å². The van der Waals surface area contributed by atoms with Crippen LogP contribution in [-0.2, 0) is 4.79 Å². The number of nitrogens with zero attached hydrogens (tertiary/aromatic N) is 1. The molecule has 0 fully saturated rings. The molecule has 70 valence electrons. The summed E-state index contributed by atoms with van der Waals surface area (Å²) in [5.74, 6) is -0.0777. The third kappa shape index (κ3) is 1.86. The molecule has 1 aromatic rings. The smallest absolute Gasteiger partial charge is 0.166 e. The molecule has 1 aromatic heterocycles. The Hall–Kier alpha value is -1.38.